The highest BCUT2D eigenvalue weighted by Gasteiger charge is 2.36. The SMILES string of the molecule is CCCCCCCCC(CCCCCCCC)CC(CCCCCCC(=O)[O-])(CC(CCCCCCCC)CCCCCCCC)C(=O)[O-]. The maximum atomic E-state index is 13.5. The fraction of sp³-hybridized carbons (Fsp3) is 0.956. The molecule has 0 fully saturated rings. The lowest BCUT2D eigenvalue weighted by molar-refractivity contribution is -0.322. The van der Waals surface area contributed by atoms with Crippen molar-refractivity contribution in [3.05, 3.63) is 0 Å². The topological polar surface area (TPSA) is 80.3 Å². The second-order valence-corrected chi connectivity index (χ2v) is 16.2. The molecule has 0 unspecified atom stereocenters. The van der Waals surface area contributed by atoms with Crippen LogP contribution >= 0.6 is 0 Å². The minimum atomic E-state index is -0.983. The van der Waals surface area contributed by atoms with Crippen molar-refractivity contribution in [1.82, 2.24) is 0 Å². The third-order valence-electron chi connectivity index (χ3n) is 11.4. The lowest BCUT2D eigenvalue weighted by atomic mass is 9.67. The molecular weight excluding hydrogens is 604 g/mol. The van der Waals surface area contributed by atoms with Crippen molar-refractivity contribution in [2.45, 2.75) is 259 Å². The molecule has 0 aromatic rings. The number of carbonyl (C=O) groups excluding carboxylic acids is 2. The molecule has 0 aliphatic carbocycles. The summed E-state index contributed by atoms with van der Waals surface area (Å²) in [6.45, 7) is 9.08. The summed E-state index contributed by atoms with van der Waals surface area (Å²) < 4.78 is 0. The van der Waals surface area contributed by atoms with E-state index in [1.807, 2.05) is 0 Å². The van der Waals surface area contributed by atoms with Crippen LogP contribution in [0.1, 0.15) is 259 Å². The Morgan fingerprint density at radius 1 is 0.408 bits per heavy atom. The molecule has 0 rings (SSSR count). The van der Waals surface area contributed by atoms with E-state index >= 15 is 0 Å². The normalized spacial score (nSPS) is 12.0. The molecule has 4 nitrogen and oxygen atoms in total. The van der Waals surface area contributed by atoms with Crippen molar-refractivity contribution >= 4 is 11.9 Å². The molecule has 0 aliphatic heterocycles. The highest BCUT2D eigenvalue weighted by atomic mass is 16.4. The van der Waals surface area contributed by atoms with Crippen molar-refractivity contribution in [2.24, 2.45) is 17.3 Å². The molecule has 292 valence electrons. The molecule has 0 aromatic heterocycles. The van der Waals surface area contributed by atoms with Crippen molar-refractivity contribution in [1.29, 1.82) is 0 Å². The van der Waals surface area contributed by atoms with E-state index in [1.165, 1.54) is 154 Å². The van der Waals surface area contributed by atoms with E-state index in [2.05, 4.69) is 27.7 Å². The Morgan fingerprint density at radius 3 is 1.00 bits per heavy atom. The van der Waals surface area contributed by atoms with Crippen molar-refractivity contribution in [3.8, 4) is 0 Å². The van der Waals surface area contributed by atoms with Gasteiger partial charge in [0.1, 0.15) is 0 Å². The van der Waals surface area contributed by atoms with Gasteiger partial charge in [-0.2, -0.15) is 0 Å². The molecule has 4 heteroatoms. The maximum Gasteiger partial charge on any atom is 0.0476 e. The molecule has 0 aromatic carbocycles. The largest absolute Gasteiger partial charge is 0.550 e. The Balaban J connectivity index is 5.91. The van der Waals surface area contributed by atoms with Crippen LogP contribution in [0.15, 0.2) is 0 Å². The number of rotatable bonds is 40. The molecule has 0 saturated heterocycles. The second-order valence-electron chi connectivity index (χ2n) is 16.2. The minimum absolute atomic E-state index is 0.100. The predicted molar refractivity (Wildman–Crippen MR) is 208 cm³/mol. The lowest BCUT2D eigenvalue weighted by Crippen LogP contribution is -2.45. The third kappa shape index (κ3) is 29.2. The van der Waals surface area contributed by atoms with Gasteiger partial charge in [0.05, 0.1) is 0 Å². The number of hydrogen-bond donors (Lipinski definition) is 0. The van der Waals surface area contributed by atoms with Gasteiger partial charge in [-0.15, -0.1) is 0 Å². The van der Waals surface area contributed by atoms with Gasteiger partial charge in [0.25, 0.3) is 0 Å². The Morgan fingerprint density at radius 2 is 0.694 bits per heavy atom. The first kappa shape index (κ1) is 47.9. The van der Waals surface area contributed by atoms with Crippen LogP contribution in [0.4, 0.5) is 0 Å². The summed E-state index contributed by atoms with van der Waals surface area (Å²) >= 11 is 0. The second kappa shape index (κ2) is 35.3. The average molecular weight is 691 g/mol. The van der Waals surface area contributed by atoms with E-state index in [0.717, 1.165) is 57.8 Å². The number of carbonyl (C=O) groups is 2. The van der Waals surface area contributed by atoms with E-state index in [4.69, 9.17) is 0 Å². The van der Waals surface area contributed by atoms with Gasteiger partial charge in [0.15, 0.2) is 0 Å². The summed E-state index contributed by atoms with van der Waals surface area (Å²) in [4.78, 5) is 24.5. The number of carboxylic acid groups (broad SMARTS) is 2. The Hall–Kier alpha value is -1.06. The van der Waals surface area contributed by atoms with Crippen LogP contribution < -0.4 is 10.2 Å². The third-order valence-corrected chi connectivity index (χ3v) is 11.4. The standard InChI is InChI=1S/C45H88O4/c1-5-9-13-17-21-27-33-41(34-28-22-18-14-10-6-2)39-45(44(48)49,38-32-26-25-31-37-43(46)47)40-42(35-29-23-19-15-11-7-3)36-30-24-20-16-12-8-4/h41-42H,5-40H2,1-4H3,(H,46,47)(H,48,49)/p-2. The van der Waals surface area contributed by atoms with Crippen LogP contribution in [0.25, 0.3) is 0 Å². The molecule has 0 radical (unpaired) electrons. The molecule has 0 amide bonds. The molecule has 0 N–H and O–H groups in total. The van der Waals surface area contributed by atoms with Crippen LogP contribution in [0.5, 0.6) is 0 Å². The summed E-state index contributed by atoms with van der Waals surface area (Å²) in [5.74, 6) is -0.869. The fourth-order valence-corrected chi connectivity index (χ4v) is 8.30. The van der Waals surface area contributed by atoms with Gasteiger partial charge in [-0.05, 0) is 43.9 Å². The molecule has 0 atom stereocenters. The van der Waals surface area contributed by atoms with Gasteiger partial charge in [0.2, 0.25) is 0 Å². The van der Waals surface area contributed by atoms with Gasteiger partial charge in [-0.25, -0.2) is 0 Å². The van der Waals surface area contributed by atoms with Gasteiger partial charge in [0, 0.05) is 17.4 Å². The maximum absolute atomic E-state index is 13.5. The predicted octanol–water partition coefficient (Wildman–Crippen LogP) is 12.8. The molecule has 0 spiro atoms. The zero-order chi connectivity index (χ0) is 36.3. The zero-order valence-corrected chi connectivity index (χ0v) is 33.7. The van der Waals surface area contributed by atoms with Crippen LogP contribution in [0.2, 0.25) is 0 Å². The summed E-state index contributed by atoms with van der Waals surface area (Å²) in [5, 5.41) is 24.5. The van der Waals surface area contributed by atoms with E-state index in [0.29, 0.717) is 24.7 Å². The van der Waals surface area contributed by atoms with Crippen LogP contribution in [0, 0.1) is 17.3 Å². The van der Waals surface area contributed by atoms with Crippen LogP contribution in [-0.4, -0.2) is 11.9 Å². The van der Waals surface area contributed by atoms with Crippen molar-refractivity contribution in [3.63, 3.8) is 0 Å². The zero-order valence-electron chi connectivity index (χ0n) is 33.7. The van der Waals surface area contributed by atoms with Gasteiger partial charge >= 0.3 is 0 Å². The van der Waals surface area contributed by atoms with E-state index in [9.17, 15) is 19.8 Å². The highest BCUT2D eigenvalue weighted by molar-refractivity contribution is 5.72. The summed E-state index contributed by atoms with van der Waals surface area (Å²) in [6, 6.07) is 0. The molecular formula is C45H86O4-2. The molecule has 0 bridgehead atoms. The highest BCUT2D eigenvalue weighted by Crippen LogP contribution is 2.43. The molecule has 0 aliphatic rings. The van der Waals surface area contributed by atoms with Gasteiger partial charge in [-0.1, -0.05) is 227 Å². The average Bonchev–Trinajstić information content (AvgIpc) is 3.08. The smallest absolute Gasteiger partial charge is 0.0476 e. The summed E-state index contributed by atoms with van der Waals surface area (Å²) in [5.41, 5.74) is -0.765. The van der Waals surface area contributed by atoms with E-state index < -0.39 is 17.4 Å². The molecule has 49 heavy (non-hydrogen) atoms. The number of aliphatic carboxylic acids is 2. The Labute approximate surface area is 307 Å². The first-order valence-corrected chi connectivity index (χ1v) is 22.3. The van der Waals surface area contributed by atoms with Crippen molar-refractivity contribution in [2.75, 3.05) is 0 Å². The fourth-order valence-electron chi connectivity index (χ4n) is 8.30. The van der Waals surface area contributed by atoms with Gasteiger partial charge in [-0.3, -0.25) is 0 Å². The summed E-state index contributed by atoms with van der Waals surface area (Å²) in [7, 11) is 0. The minimum Gasteiger partial charge on any atom is -0.550 e. The van der Waals surface area contributed by atoms with E-state index in [1.54, 1.807) is 0 Å². The summed E-state index contributed by atoms with van der Waals surface area (Å²) in [6.07, 6.45) is 40.9. The van der Waals surface area contributed by atoms with Gasteiger partial charge < -0.3 is 19.8 Å². The number of unbranched alkanes of at least 4 members (excludes halogenated alkanes) is 23. The van der Waals surface area contributed by atoms with E-state index in [-0.39, 0.29) is 6.42 Å². The number of hydrogen-bond acceptors (Lipinski definition) is 4. The Kier molecular flexibility index (Phi) is 34.6. The number of carboxylic acids is 2. The quantitative estimate of drug-likeness (QED) is 0.0599. The first-order valence-electron chi connectivity index (χ1n) is 22.3. The monoisotopic (exact) mass is 691 g/mol. The molecule has 0 heterocycles. The lowest BCUT2D eigenvalue weighted by Gasteiger charge is -2.41. The van der Waals surface area contributed by atoms with Crippen LogP contribution in [0.3, 0.4) is 0 Å². The Bertz CT molecular complexity index is 649. The molecule has 0 saturated carbocycles. The first-order chi connectivity index (χ1) is 23.8. The van der Waals surface area contributed by atoms with Crippen molar-refractivity contribution < 1.29 is 19.8 Å². The van der Waals surface area contributed by atoms with Crippen LogP contribution in [-0.2, 0) is 9.59 Å².